The number of hydrogen-bond acceptors (Lipinski definition) is 3. The van der Waals surface area contributed by atoms with Crippen LogP contribution in [-0.4, -0.2) is 14.5 Å². The first kappa shape index (κ1) is 22.1. The number of anilines is 3. The number of aromatic nitrogens is 3. The Morgan fingerprint density at radius 3 is 2.21 bits per heavy atom. The average Bonchev–Trinajstić information content (AvgIpc) is 3.30. The van der Waals surface area contributed by atoms with E-state index >= 15 is 0 Å². The monoisotopic (exact) mass is 502 g/mol. The Balaban J connectivity index is 1.52. The second-order valence-electron chi connectivity index (χ2n) is 10.8. The Labute approximate surface area is 226 Å². The van der Waals surface area contributed by atoms with Crippen molar-refractivity contribution in [3.63, 3.8) is 0 Å². The number of hydrogen-bond donors (Lipinski definition) is 0. The molecule has 0 bridgehead atoms. The van der Waals surface area contributed by atoms with Gasteiger partial charge in [-0.25, -0.2) is 9.97 Å². The molecule has 3 heterocycles. The fourth-order valence-corrected chi connectivity index (χ4v) is 6.49. The lowest BCUT2D eigenvalue weighted by atomic mass is 9.73. The maximum atomic E-state index is 4.69. The van der Waals surface area contributed by atoms with Gasteiger partial charge in [0.25, 0.3) is 0 Å². The zero-order chi connectivity index (χ0) is 26.1. The van der Waals surface area contributed by atoms with Gasteiger partial charge in [0.2, 0.25) is 0 Å². The van der Waals surface area contributed by atoms with Gasteiger partial charge in [0.05, 0.1) is 28.1 Å². The van der Waals surface area contributed by atoms with Crippen molar-refractivity contribution >= 4 is 49.8 Å². The van der Waals surface area contributed by atoms with Crippen LogP contribution in [-0.2, 0) is 5.41 Å². The van der Waals surface area contributed by atoms with Crippen LogP contribution in [0.5, 0.6) is 0 Å². The quantitative estimate of drug-likeness (QED) is 0.237. The van der Waals surface area contributed by atoms with E-state index in [0.29, 0.717) is 0 Å². The molecule has 1 aliphatic heterocycles. The molecule has 4 nitrogen and oxygen atoms in total. The summed E-state index contributed by atoms with van der Waals surface area (Å²) in [6, 6.07) is 39.4. The van der Waals surface area contributed by atoms with Crippen molar-refractivity contribution in [2.24, 2.45) is 0 Å². The van der Waals surface area contributed by atoms with E-state index in [4.69, 9.17) is 0 Å². The molecule has 0 fully saturated rings. The van der Waals surface area contributed by atoms with Gasteiger partial charge in [-0.15, -0.1) is 0 Å². The minimum atomic E-state index is -0.205. The fourth-order valence-electron chi connectivity index (χ4n) is 6.49. The predicted octanol–water partition coefficient (Wildman–Crippen LogP) is 8.84. The van der Waals surface area contributed by atoms with E-state index in [1.165, 1.54) is 49.4 Å². The summed E-state index contributed by atoms with van der Waals surface area (Å²) < 4.78 is 2.44. The molecule has 186 valence electrons. The SMILES string of the molecule is CC1(C)c2ccccc2N(c2ccncn2)c2cc3c4ccccc4n(-c4cccc5ccccc45)c3cc21. The Kier molecular flexibility index (Phi) is 4.54. The first-order valence-corrected chi connectivity index (χ1v) is 13.3. The molecule has 0 saturated heterocycles. The molecule has 1 aliphatic rings. The molecule has 0 unspecified atom stereocenters. The standard InChI is InChI=1S/C35H26N4/c1-35(2)27-14-6-8-16-31(27)39(34-18-19-36-22-37-34)33-20-26-25-13-5-7-15-30(25)38(32(26)21-28(33)35)29-17-9-11-23-10-3-4-12-24(23)29/h3-22H,1-2H3. The largest absolute Gasteiger partial charge is 0.309 e. The van der Waals surface area contributed by atoms with Crippen molar-refractivity contribution in [1.29, 1.82) is 0 Å². The van der Waals surface area contributed by atoms with Gasteiger partial charge in [-0.1, -0.05) is 86.6 Å². The van der Waals surface area contributed by atoms with Gasteiger partial charge < -0.3 is 4.57 Å². The summed E-state index contributed by atoms with van der Waals surface area (Å²) in [5, 5.41) is 4.95. The number of nitrogens with zero attached hydrogens (tertiary/aromatic N) is 4. The van der Waals surface area contributed by atoms with E-state index in [-0.39, 0.29) is 5.41 Å². The molecule has 4 heteroatoms. The summed E-state index contributed by atoms with van der Waals surface area (Å²) in [6.45, 7) is 4.66. The van der Waals surface area contributed by atoms with Crippen LogP contribution in [0, 0.1) is 0 Å². The summed E-state index contributed by atoms with van der Waals surface area (Å²) in [5.41, 5.74) is 8.28. The first-order chi connectivity index (χ1) is 19.1. The summed E-state index contributed by atoms with van der Waals surface area (Å²) >= 11 is 0. The molecule has 0 atom stereocenters. The van der Waals surface area contributed by atoms with E-state index < -0.39 is 0 Å². The summed E-state index contributed by atoms with van der Waals surface area (Å²) in [7, 11) is 0. The van der Waals surface area contributed by atoms with Gasteiger partial charge >= 0.3 is 0 Å². The van der Waals surface area contributed by atoms with Gasteiger partial charge in [0, 0.05) is 27.8 Å². The predicted molar refractivity (Wildman–Crippen MR) is 161 cm³/mol. The Bertz CT molecular complexity index is 2050. The van der Waals surface area contributed by atoms with Gasteiger partial charge in [0.1, 0.15) is 12.1 Å². The lowest BCUT2D eigenvalue weighted by molar-refractivity contribution is 0.632. The number of para-hydroxylation sites is 2. The minimum absolute atomic E-state index is 0.205. The van der Waals surface area contributed by atoms with Crippen LogP contribution >= 0.6 is 0 Å². The highest BCUT2D eigenvalue weighted by atomic mass is 15.2. The van der Waals surface area contributed by atoms with Crippen LogP contribution in [0.2, 0.25) is 0 Å². The maximum absolute atomic E-state index is 4.69. The van der Waals surface area contributed by atoms with Gasteiger partial charge in [-0.05, 0) is 52.9 Å². The van der Waals surface area contributed by atoms with Gasteiger partial charge in [-0.3, -0.25) is 4.90 Å². The molecule has 2 aromatic heterocycles. The molecule has 0 radical (unpaired) electrons. The van der Waals surface area contributed by atoms with Crippen molar-refractivity contribution in [2.75, 3.05) is 4.90 Å². The fraction of sp³-hybridized carbons (Fsp3) is 0.0857. The summed E-state index contributed by atoms with van der Waals surface area (Å²) in [6.07, 6.45) is 3.44. The maximum Gasteiger partial charge on any atom is 0.140 e. The zero-order valence-corrected chi connectivity index (χ0v) is 21.8. The Hall–Kier alpha value is -4.96. The summed E-state index contributed by atoms with van der Waals surface area (Å²) in [4.78, 5) is 11.2. The molecule has 39 heavy (non-hydrogen) atoms. The third-order valence-corrected chi connectivity index (χ3v) is 8.33. The highest BCUT2D eigenvalue weighted by Crippen LogP contribution is 2.53. The van der Waals surface area contributed by atoms with Crippen LogP contribution < -0.4 is 4.90 Å². The van der Waals surface area contributed by atoms with Crippen LogP contribution in [0.25, 0.3) is 38.3 Å². The third kappa shape index (κ3) is 3.06. The number of rotatable bonds is 2. The van der Waals surface area contributed by atoms with Crippen molar-refractivity contribution in [3.8, 4) is 5.69 Å². The molecular formula is C35H26N4. The van der Waals surface area contributed by atoms with E-state index in [1.54, 1.807) is 6.33 Å². The van der Waals surface area contributed by atoms with Crippen LogP contribution in [0.3, 0.4) is 0 Å². The van der Waals surface area contributed by atoms with Crippen LogP contribution in [0.15, 0.2) is 122 Å². The Morgan fingerprint density at radius 1 is 0.590 bits per heavy atom. The second kappa shape index (κ2) is 8.02. The average molecular weight is 503 g/mol. The highest BCUT2D eigenvalue weighted by Gasteiger charge is 2.38. The topological polar surface area (TPSA) is 34.0 Å². The minimum Gasteiger partial charge on any atom is -0.309 e. The third-order valence-electron chi connectivity index (χ3n) is 8.33. The van der Waals surface area contributed by atoms with Crippen molar-refractivity contribution in [3.05, 3.63) is 133 Å². The van der Waals surface area contributed by atoms with E-state index in [9.17, 15) is 0 Å². The molecule has 0 N–H and O–H groups in total. The normalized spacial score (nSPS) is 14.1. The van der Waals surface area contributed by atoms with E-state index in [2.05, 4.69) is 136 Å². The number of fused-ring (bicyclic) bond motifs is 6. The first-order valence-electron chi connectivity index (χ1n) is 13.3. The van der Waals surface area contributed by atoms with Crippen LogP contribution in [0.4, 0.5) is 17.2 Å². The number of benzene rings is 5. The van der Waals surface area contributed by atoms with Gasteiger partial charge in [0.15, 0.2) is 0 Å². The molecule has 0 amide bonds. The lowest BCUT2D eigenvalue weighted by Gasteiger charge is -2.41. The zero-order valence-electron chi connectivity index (χ0n) is 21.8. The molecule has 0 saturated carbocycles. The second-order valence-corrected chi connectivity index (χ2v) is 10.8. The molecule has 5 aromatic carbocycles. The van der Waals surface area contributed by atoms with E-state index in [1.807, 2.05) is 12.3 Å². The molecule has 7 aromatic rings. The summed E-state index contributed by atoms with van der Waals surface area (Å²) in [5.74, 6) is 0.867. The van der Waals surface area contributed by atoms with Crippen molar-refractivity contribution in [1.82, 2.24) is 14.5 Å². The highest BCUT2D eigenvalue weighted by molar-refractivity contribution is 6.12. The van der Waals surface area contributed by atoms with E-state index in [0.717, 1.165) is 17.2 Å². The van der Waals surface area contributed by atoms with Gasteiger partial charge in [-0.2, -0.15) is 0 Å². The molecule has 8 rings (SSSR count). The van der Waals surface area contributed by atoms with Crippen molar-refractivity contribution < 1.29 is 0 Å². The smallest absolute Gasteiger partial charge is 0.140 e. The Morgan fingerprint density at radius 2 is 1.33 bits per heavy atom. The lowest BCUT2D eigenvalue weighted by Crippen LogP contribution is -2.31. The van der Waals surface area contributed by atoms with Crippen molar-refractivity contribution in [2.45, 2.75) is 19.3 Å². The molecule has 0 aliphatic carbocycles. The molecule has 0 spiro atoms. The van der Waals surface area contributed by atoms with Crippen LogP contribution in [0.1, 0.15) is 25.0 Å². The molecular weight excluding hydrogens is 476 g/mol.